The van der Waals surface area contributed by atoms with Crippen molar-refractivity contribution in [2.24, 2.45) is 5.92 Å². The highest BCUT2D eigenvalue weighted by Crippen LogP contribution is 2.25. The van der Waals surface area contributed by atoms with Crippen LogP contribution < -0.4 is 5.32 Å². The first-order valence-corrected chi connectivity index (χ1v) is 5.93. The first-order valence-electron chi connectivity index (χ1n) is 5.93. The molecule has 2 rings (SSSR count). The molecule has 1 saturated carbocycles. The molecule has 1 aliphatic heterocycles. The lowest BCUT2D eigenvalue weighted by molar-refractivity contribution is -0.156. The lowest BCUT2D eigenvalue weighted by Gasteiger charge is -2.36. The Morgan fingerprint density at radius 3 is 2.33 bits per heavy atom. The van der Waals surface area contributed by atoms with E-state index in [0.717, 1.165) is 24.2 Å². The van der Waals surface area contributed by atoms with Gasteiger partial charge in [-0.15, -0.1) is 0 Å². The second-order valence-corrected chi connectivity index (χ2v) is 4.57. The summed E-state index contributed by atoms with van der Waals surface area (Å²) in [4.78, 5) is 46.7. The van der Waals surface area contributed by atoms with Gasteiger partial charge in [-0.25, -0.2) is 4.79 Å². The standard InChI is InChI=1S/C11H14N2O5/c14-8-7(10(16)17)9(15)13(11(18)12-8)6-4-2-1-3-5-6/h6-7H,1-5H2,(H,16,17)(H,12,14,18). The van der Waals surface area contributed by atoms with Crippen LogP contribution in [-0.4, -0.2) is 39.9 Å². The van der Waals surface area contributed by atoms with Gasteiger partial charge in [-0.3, -0.25) is 24.6 Å². The highest BCUT2D eigenvalue weighted by atomic mass is 16.4. The summed E-state index contributed by atoms with van der Waals surface area (Å²) in [7, 11) is 0. The molecule has 0 radical (unpaired) electrons. The Balaban J connectivity index is 2.22. The van der Waals surface area contributed by atoms with Crippen LogP contribution in [0.1, 0.15) is 32.1 Å². The Hall–Kier alpha value is -1.92. The average Bonchev–Trinajstić information content (AvgIpc) is 2.28. The number of carboxylic acids is 1. The first kappa shape index (κ1) is 12.5. The Morgan fingerprint density at radius 1 is 1.17 bits per heavy atom. The zero-order chi connectivity index (χ0) is 13.3. The van der Waals surface area contributed by atoms with E-state index >= 15 is 0 Å². The number of aliphatic carboxylic acids is 1. The molecule has 0 spiro atoms. The lowest BCUT2D eigenvalue weighted by Crippen LogP contribution is -2.62. The molecule has 0 aromatic rings. The molecule has 2 aliphatic rings. The van der Waals surface area contributed by atoms with Gasteiger partial charge in [0, 0.05) is 6.04 Å². The maximum atomic E-state index is 12.0. The topological polar surface area (TPSA) is 104 Å². The van der Waals surface area contributed by atoms with Gasteiger partial charge in [0.1, 0.15) is 0 Å². The summed E-state index contributed by atoms with van der Waals surface area (Å²) >= 11 is 0. The zero-order valence-corrected chi connectivity index (χ0v) is 9.72. The van der Waals surface area contributed by atoms with E-state index in [2.05, 4.69) is 0 Å². The van der Waals surface area contributed by atoms with Gasteiger partial charge < -0.3 is 5.11 Å². The molecule has 0 bridgehead atoms. The SMILES string of the molecule is O=C(O)C1C(=O)NC(=O)N(C2CCCCC2)C1=O. The number of hydrogen-bond acceptors (Lipinski definition) is 4. The first-order chi connectivity index (χ1) is 8.52. The predicted octanol–water partition coefficient (Wildman–Crippen LogP) is 0.0983. The third kappa shape index (κ3) is 2.07. The molecule has 4 amide bonds. The monoisotopic (exact) mass is 254 g/mol. The minimum Gasteiger partial charge on any atom is -0.480 e. The number of nitrogens with zero attached hydrogens (tertiary/aromatic N) is 1. The Labute approximate surface area is 103 Å². The number of amides is 4. The van der Waals surface area contributed by atoms with Gasteiger partial charge in [-0.05, 0) is 12.8 Å². The summed E-state index contributed by atoms with van der Waals surface area (Å²) in [5.74, 6) is -5.29. The summed E-state index contributed by atoms with van der Waals surface area (Å²) in [5, 5.41) is 10.8. The number of nitrogens with one attached hydrogen (secondary N) is 1. The van der Waals surface area contributed by atoms with E-state index in [1.54, 1.807) is 0 Å². The van der Waals surface area contributed by atoms with Crippen LogP contribution >= 0.6 is 0 Å². The fraction of sp³-hybridized carbons (Fsp3) is 0.636. The van der Waals surface area contributed by atoms with Crippen LogP contribution in [-0.2, 0) is 14.4 Å². The third-order valence-corrected chi connectivity index (χ3v) is 3.38. The quantitative estimate of drug-likeness (QED) is 0.680. The zero-order valence-electron chi connectivity index (χ0n) is 9.72. The maximum Gasteiger partial charge on any atom is 0.331 e. The number of imide groups is 2. The molecular weight excluding hydrogens is 240 g/mol. The van der Waals surface area contributed by atoms with Gasteiger partial charge >= 0.3 is 12.0 Å². The van der Waals surface area contributed by atoms with Crippen LogP contribution in [0.2, 0.25) is 0 Å². The van der Waals surface area contributed by atoms with Gasteiger partial charge in [0.15, 0.2) is 0 Å². The summed E-state index contributed by atoms with van der Waals surface area (Å²) < 4.78 is 0. The minimum absolute atomic E-state index is 0.291. The van der Waals surface area contributed by atoms with Gasteiger partial charge in [-0.1, -0.05) is 19.3 Å². The molecule has 1 atom stereocenters. The minimum atomic E-state index is -1.80. The van der Waals surface area contributed by atoms with Gasteiger partial charge in [0.2, 0.25) is 5.92 Å². The number of carbonyl (C=O) groups is 4. The van der Waals surface area contributed by atoms with Crippen LogP contribution in [0.3, 0.4) is 0 Å². The van der Waals surface area contributed by atoms with Crippen LogP contribution in [0, 0.1) is 5.92 Å². The fourth-order valence-corrected chi connectivity index (χ4v) is 2.49. The van der Waals surface area contributed by atoms with Crippen molar-refractivity contribution in [2.45, 2.75) is 38.1 Å². The fourth-order valence-electron chi connectivity index (χ4n) is 2.49. The Bertz CT molecular complexity index is 414. The maximum absolute atomic E-state index is 12.0. The second-order valence-electron chi connectivity index (χ2n) is 4.57. The Morgan fingerprint density at radius 2 is 1.78 bits per heavy atom. The smallest absolute Gasteiger partial charge is 0.331 e. The van der Waals surface area contributed by atoms with Crippen LogP contribution in [0.4, 0.5) is 4.79 Å². The molecular formula is C11H14N2O5. The molecule has 7 nitrogen and oxygen atoms in total. The molecule has 1 heterocycles. The summed E-state index contributed by atoms with van der Waals surface area (Å²) in [5.41, 5.74) is 0. The molecule has 0 aromatic heterocycles. The molecule has 2 N–H and O–H groups in total. The summed E-state index contributed by atoms with van der Waals surface area (Å²) in [6.45, 7) is 0. The van der Waals surface area contributed by atoms with Crippen molar-refractivity contribution in [1.29, 1.82) is 0 Å². The van der Waals surface area contributed by atoms with E-state index in [4.69, 9.17) is 5.11 Å². The number of hydrogen-bond donors (Lipinski definition) is 2. The van der Waals surface area contributed by atoms with Gasteiger partial charge in [0.25, 0.3) is 11.8 Å². The van der Waals surface area contributed by atoms with Crippen molar-refractivity contribution < 1.29 is 24.3 Å². The molecule has 18 heavy (non-hydrogen) atoms. The van der Waals surface area contributed by atoms with Crippen molar-refractivity contribution in [2.75, 3.05) is 0 Å². The van der Waals surface area contributed by atoms with Crippen molar-refractivity contribution in [3.05, 3.63) is 0 Å². The Kier molecular flexibility index (Phi) is 3.31. The summed E-state index contributed by atoms with van der Waals surface area (Å²) in [6.07, 6.45) is 4.17. The summed E-state index contributed by atoms with van der Waals surface area (Å²) in [6, 6.07) is -1.09. The van der Waals surface area contributed by atoms with E-state index in [1.807, 2.05) is 5.32 Å². The molecule has 1 saturated heterocycles. The van der Waals surface area contributed by atoms with E-state index in [-0.39, 0.29) is 6.04 Å². The average molecular weight is 254 g/mol. The van der Waals surface area contributed by atoms with Crippen molar-refractivity contribution in [3.63, 3.8) is 0 Å². The third-order valence-electron chi connectivity index (χ3n) is 3.38. The number of rotatable bonds is 2. The molecule has 0 aromatic carbocycles. The van der Waals surface area contributed by atoms with Crippen LogP contribution in [0.15, 0.2) is 0 Å². The number of carboxylic acid groups (broad SMARTS) is 1. The molecule has 2 fully saturated rings. The van der Waals surface area contributed by atoms with E-state index in [1.165, 1.54) is 0 Å². The largest absolute Gasteiger partial charge is 0.480 e. The van der Waals surface area contributed by atoms with Crippen LogP contribution in [0.25, 0.3) is 0 Å². The lowest BCUT2D eigenvalue weighted by atomic mass is 9.92. The highest BCUT2D eigenvalue weighted by molar-refractivity contribution is 6.25. The van der Waals surface area contributed by atoms with Crippen molar-refractivity contribution in [1.82, 2.24) is 10.2 Å². The molecule has 1 aliphatic carbocycles. The van der Waals surface area contributed by atoms with E-state index in [9.17, 15) is 19.2 Å². The van der Waals surface area contributed by atoms with Crippen LogP contribution in [0.5, 0.6) is 0 Å². The second kappa shape index (κ2) is 4.75. The highest BCUT2D eigenvalue weighted by Gasteiger charge is 2.47. The van der Waals surface area contributed by atoms with Gasteiger partial charge in [-0.2, -0.15) is 0 Å². The number of carbonyl (C=O) groups excluding carboxylic acids is 3. The van der Waals surface area contributed by atoms with E-state index in [0.29, 0.717) is 12.8 Å². The normalized spacial score (nSPS) is 26.1. The molecule has 98 valence electrons. The number of urea groups is 1. The van der Waals surface area contributed by atoms with Gasteiger partial charge in [0.05, 0.1) is 0 Å². The molecule has 1 unspecified atom stereocenters. The molecule has 7 heteroatoms. The predicted molar refractivity (Wildman–Crippen MR) is 58.4 cm³/mol. The van der Waals surface area contributed by atoms with E-state index < -0.39 is 29.7 Å². The van der Waals surface area contributed by atoms with Crippen molar-refractivity contribution in [3.8, 4) is 0 Å². The number of barbiturate groups is 1. The van der Waals surface area contributed by atoms with Crippen molar-refractivity contribution >= 4 is 23.8 Å².